The van der Waals surface area contributed by atoms with Crippen LogP contribution in [0, 0.1) is 0 Å². The average Bonchev–Trinajstić information content (AvgIpc) is 2.43. The number of hydrogen-bond donors (Lipinski definition) is 2. The zero-order chi connectivity index (χ0) is 16.2. The van der Waals surface area contributed by atoms with E-state index in [2.05, 4.69) is 0 Å². The van der Waals surface area contributed by atoms with Crippen LogP contribution < -0.4 is 10.5 Å². The highest BCUT2D eigenvalue weighted by Crippen LogP contribution is 2.18. The minimum absolute atomic E-state index is 0.158. The van der Waals surface area contributed by atoms with Gasteiger partial charge in [-0.1, -0.05) is 12.1 Å². The van der Waals surface area contributed by atoms with Crippen LogP contribution >= 0.6 is 0 Å². The molecule has 0 unspecified atom stereocenters. The molecule has 0 aliphatic rings. The molecule has 21 heavy (non-hydrogen) atoms. The lowest BCUT2D eigenvalue weighted by molar-refractivity contribution is -0.156. The Kier molecular flexibility index (Phi) is 4.91. The Hall–Kier alpha value is -2.57. The van der Waals surface area contributed by atoms with E-state index < -0.39 is 29.9 Å². The first-order valence-electron chi connectivity index (χ1n) is 6.19. The molecule has 2 amide bonds. The fourth-order valence-corrected chi connectivity index (χ4v) is 1.49. The molecule has 7 nitrogen and oxygen atoms in total. The number of rotatable bonds is 6. The molecule has 1 rings (SSSR count). The smallest absolute Gasteiger partial charge is 0.329 e. The van der Waals surface area contributed by atoms with Crippen molar-refractivity contribution in [2.75, 3.05) is 13.7 Å². The summed E-state index contributed by atoms with van der Waals surface area (Å²) in [4.78, 5) is 35.3. The van der Waals surface area contributed by atoms with E-state index in [1.54, 1.807) is 12.1 Å². The fourth-order valence-electron chi connectivity index (χ4n) is 1.49. The number of benzene rings is 1. The van der Waals surface area contributed by atoms with E-state index in [1.807, 2.05) is 0 Å². The fraction of sp³-hybridized carbons (Fsp3) is 0.357. The van der Waals surface area contributed by atoms with E-state index in [4.69, 9.17) is 15.6 Å². The highest BCUT2D eigenvalue weighted by Gasteiger charge is 2.35. The van der Waals surface area contributed by atoms with Crippen LogP contribution in [0.4, 0.5) is 0 Å². The summed E-state index contributed by atoms with van der Waals surface area (Å²) in [5, 5.41) is 9.07. The van der Waals surface area contributed by atoms with Crippen LogP contribution in [0.5, 0.6) is 5.75 Å². The van der Waals surface area contributed by atoms with Crippen molar-refractivity contribution in [3.63, 3.8) is 0 Å². The van der Waals surface area contributed by atoms with E-state index in [-0.39, 0.29) is 11.3 Å². The molecule has 0 fully saturated rings. The third-order valence-corrected chi connectivity index (χ3v) is 3.24. The van der Waals surface area contributed by atoms with Gasteiger partial charge in [0.1, 0.15) is 11.3 Å². The lowest BCUT2D eigenvalue weighted by Gasteiger charge is -2.31. The van der Waals surface area contributed by atoms with Gasteiger partial charge in [-0.15, -0.1) is 0 Å². The molecule has 1 aromatic carbocycles. The van der Waals surface area contributed by atoms with Crippen LogP contribution in [0.3, 0.4) is 0 Å². The van der Waals surface area contributed by atoms with Crippen molar-refractivity contribution in [1.82, 2.24) is 4.90 Å². The lowest BCUT2D eigenvalue weighted by atomic mass is 10.0. The van der Waals surface area contributed by atoms with Crippen molar-refractivity contribution in [1.29, 1.82) is 0 Å². The number of hydrogen-bond acceptors (Lipinski definition) is 4. The number of nitrogens with zero attached hydrogens (tertiary/aromatic N) is 1. The van der Waals surface area contributed by atoms with Gasteiger partial charge in [0, 0.05) is 7.05 Å². The van der Waals surface area contributed by atoms with Crippen LogP contribution in [-0.2, 0) is 9.59 Å². The number of likely N-dealkylation sites (N-methyl/N-ethyl adjacent to an activating group) is 1. The van der Waals surface area contributed by atoms with Gasteiger partial charge in [-0.2, -0.15) is 0 Å². The summed E-state index contributed by atoms with van der Waals surface area (Å²) in [5.74, 6) is -2.14. The number of aliphatic carboxylic acids is 1. The average molecular weight is 294 g/mol. The van der Waals surface area contributed by atoms with Gasteiger partial charge in [0.15, 0.2) is 6.61 Å². The number of carboxylic acid groups (broad SMARTS) is 1. The third-order valence-electron chi connectivity index (χ3n) is 3.24. The Morgan fingerprint density at radius 3 is 2.38 bits per heavy atom. The molecule has 114 valence electrons. The monoisotopic (exact) mass is 294 g/mol. The van der Waals surface area contributed by atoms with Crippen molar-refractivity contribution < 1.29 is 24.2 Å². The van der Waals surface area contributed by atoms with Gasteiger partial charge in [-0.05, 0) is 26.0 Å². The number of nitrogens with two attached hydrogens (primary N) is 1. The van der Waals surface area contributed by atoms with Gasteiger partial charge < -0.3 is 20.5 Å². The van der Waals surface area contributed by atoms with Gasteiger partial charge in [-0.3, -0.25) is 9.59 Å². The van der Waals surface area contributed by atoms with Crippen LogP contribution in [0.15, 0.2) is 24.3 Å². The zero-order valence-electron chi connectivity index (χ0n) is 12.1. The van der Waals surface area contributed by atoms with Gasteiger partial charge in [0.25, 0.3) is 11.8 Å². The maximum Gasteiger partial charge on any atom is 0.329 e. The number of primary amides is 1. The van der Waals surface area contributed by atoms with E-state index >= 15 is 0 Å². The number of carboxylic acids is 1. The van der Waals surface area contributed by atoms with Gasteiger partial charge >= 0.3 is 5.97 Å². The molecule has 3 N–H and O–H groups in total. The normalized spacial score (nSPS) is 10.8. The maximum absolute atomic E-state index is 12.0. The second-order valence-electron chi connectivity index (χ2n) is 4.97. The first-order valence-corrected chi connectivity index (χ1v) is 6.19. The molecule has 0 aliphatic heterocycles. The molecule has 7 heteroatoms. The molecule has 0 radical (unpaired) electrons. The largest absolute Gasteiger partial charge is 0.483 e. The summed E-state index contributed by atoms with van der Waals surface area (Å²) in [5.41, 5.74) is 4.00. The van der Waals surface area contributed by atoms with Crippen LogP contribution in [-0.4, -0.2) is 47.0 Å². The quantitative estimate of drug-likeness (QED) is 0.793. The standard InChI is InChI=1S/C14H18N2O5/c1-14(2,13(19)20)16(3)11(17)8-21-10-7-5-4-6-9(10)12(15)18/h4-7H,8H2,1-3H3,(H2,15,18)(H,19,20). The summed E-state index contributed by atoms with van der Waals surface area (Å²) in [6.45, 7) is 2.42. The molecule has 0 spiro atoms. The molecule has 0 heterocycles. The summed E-state index contributed by atoms with van der Waals surface area (Å²) in [7, 11) is 1.37. The van der Waals surface area contributed by atoms with Crippen LogP contribution in [0.1, 0.15) is 24.2 Å². The van der Waals surface area contributed by atoms with Gasteiger partial charge in [0.2, 0.25) is 0 Å². The molecule has 0 saturated carbocycles. The molecule has 0 saturated heterocycles. The Bertz CT molecular complexity index is 568. The van der Waals surface area contributed by atoms with Crippen LogP contribution in [0.2, 0.25) is 0 Å². The van der Waals surface area contributed by atoms with E-state index in [9.17, 15) is 14.4 Å². The predicted molar refractivity (Wildman–Crippen MR) is 74.9 cm³/mol. The summed E-state index contributed by atoms with van der Waals surface area (Å²) < 4.78 is 5.27. The highest BCUT2D eigenvalue weighted by molar-refractivity contribution is 5.95. The molecule has 0 bridgehead atoms. The van der Waals surface area contributed by atoms with Crippen LogP contribution in [0.25, 0.3) is 0 Å². The van der Waals surface area contributed by atoms with Crippen molar-refractivity contribution in [2.24, 2.45) is 5.73 Å². The van der Waals surface area contributed by atoms with Gasteiger partial charge in [-0.25, -0.2) is 4.79 Å². The number of amides is 2. The zero-order valence-corrected chi connectivity index (χ0v) is 12.1. The molecule has 0 aromatic heterocycles. The number of carbonyl (C=O) groups excluding carboxylic acids is 2. The minimum atomic E-state index is -1.36. The second kappa shape index (κ2) is 6.25. The first-order chi connectivity index (χ1) is 9.67. The highest BCUT2D eigenvalue weighted by atomic mass is 16.5. The molecular formula is C14H18N2O5. The number of para-hydroxylation sites is 1. The summed E-state index contributed by atoms with van der Waals surface area (Å²) >= 11 is 0. The molecule has 0 aliphatic carbocycles. The van der Waals surface area contributed by atoms with Crippen molar-refractivity contribution in [3.05, 3.63) is 29.8 Å². The number of carbonyl (C=O) groups is 3. The van der Waals surface area contributed by atoms with Crippen molar-refractivity contribution in [2.45, 2.75) is 19.4 Å². The minimum Gasteiger partial charge on any atom is -0.483 e. The van der Waals surface area contributed by atoms with E-state index in [0.717, 1.165) is 4.90 Å². The SMILES string of the molecule is CN(C(=O)COc1ccccc1C(N)=O)C(C)(C)C(=O)O. The van der Waals surface area contributed by atoms with Crippen molar-refractivity contribution >= 4 is 17.8 Å². The molecule has 0 atom stereocenters. The topological polar surface area (TPSA) is 110 Å². The summed E-state index contributed by atoms with van der Waals surface area (Å²) in [6.07, 6.45) is 0. The third kappa shape index (κ3) is 3.71. The lowest BCUT2D eigenvalue weighted by Crippen LogP contribution is -2.52. The second-order valence-corrected chi connectivity index (χ2v) is 4.97. The van der Waals surface area contributed by atoms with Gasteiger partial charge in [0.05, 0.1) is 5.56 Å². The Labute approximate surface area is 122 Å². The summed E-state index contributed by atoms with van der Waals surface area (Å²) in [6, 6.07) is 6.24. The Morgan fingerprint density at radius 1 is 1.29 bits per heavy atom. The first kappa shape index (κ1) is 16.5. The molecular weight excluding hydrogens is 276 g/mol. The Morgan fingerprint density at radius 2 is 1.86 bits per heavy atom. The predicted octanol–water partition coefficient (Wildman–Crippen LogP) is 0.486. The van der Waals surface area contributed by atoms with Crippen molar-refractivity contribution in [3.8, 4) is 5.75 Å². The van der Waals surface area contributed by atoms with E-state index in [1.165, 1.54) is 33.0 Å². The maximum atomic E-state index is 12.0. The Balaban J connectivity index is 2.79. The number of ether oxygens (including phenoxy) is 1. The van der Waals surface area contributed by atoms with E-state index in [0.29, 0.717) is 0 Å². The molecule has 1 aromatic rings.